The third-order valence-corrected chi connectivity index (χ3v) is 9.35. The van der Waals surface area contributed by atoms with Crippen molar-refractivity contribution in [1.82, 2.24) is 15.2 Å². The lowest BCUT2D eigenvalue weighted by Crippen LogP contribution is -2.35. The Morgan fingerprint density at radius 1 is 0.960 bits per heavy atom. The fourth-order valence-electron chi connectivity index (χ4n) is 5.79. The molecule has 10 nitrogen and oxygen atoms in total. The number of β-amino-alcohol motifs (C(OH)–C–C–N with tert-alkyl or cyclic N) is 1. The number of nitriles is 1. The number of aliphatic hydroxyl groups excluding tert-OH is 3. The molecule has 1 aliphatic heterocycles. The van der Waals surface area contributed by atoms with Gasteiger partial charge in [0.05, 0.1) is 47.6 Å². The summed E-state index contributed by atoms with van der Waals surface area (Å²) in [5, 5.41) is 42.1. The van der Waals surface area contributed by atoms with Gasteiger partial charge in [0.25, 0.3) is 0 Å². The highest BCUT2D eigenvalue weighted by molar-refractivity contribution is 6.35. The number of nitrogens with zero attached hydrogens (tertiary/aromatic N) is 3. The molecule has 264 valence electrons. The minimum atomic E-state index is -0.513. The first-order valence-corrected chi connectivity index (χ1v) is 17.3. The summed E-state index contributed by atoms with van der Waals surface area (Å²) in [7, 11) is 0. The van der Waals surface area contributed by atoms with Gasteiger partial charge < -0.3 is 39.7 Å². The average Bonchev–Trinajstić information content (AvgIpc) is 3.55. The number of ether oxygens (including phenoxy) is 3. The number of pyridine rings is 1. The van der Waals surface area contributed by atoms with Gasteiger partial charge in [-0.25, -0.2) is 0 Å². The van der Waals surface area contributed by atoms with Crippen molar-refractivity contribution in [2.24, 2.45) is 0 Å². The van der Waals surface area contributed by atoms with Crippen molar-refractivity contribution in [3.8, 4) is 34.4 Å². The molecule has 3 aromatic carbocycles. The zero-order chi connectivity index (χ0) is 35.5. The number of rotatable bonds is 17. The molecule has 4 N–H and O–H groups in total. The fraction of sp³-hybridized carbons (Fsp3) is 0.368. The van der Waals surface area contributed by atoms with Gasteiger partial charge in [0.15, 0.2) is 0 Å². The van der Waals surface area contributed by atoms with Gasteiger partial charge in [-0.15, -0.1) is 0 Å². The Labute approximate surface area is 302 Å². The van der Waals surface area contributed by atoms with Crippen LogP contribution in [0.4, 0.5) is 0 Å². The normalized spacial score (nSPS) is 14.6. The Morgan fingerprint density at radius 2 is 1.74 bits per heavy atom. The minimum Gasteiger partial charge on any atom is -0.492 e. The molecule has 1 aliphatic rings. The van der Waals surface area contributed by atoms with Crippen molar-refractivity contribution >= 4 is 23.2 Å². The lowest BCUT2D eigenvalue weighted by atomic mass is 9.96. The van der Waals surface area contributed by atoms with Crippen molar-refractivity contribution in [2.45, 2.75) is 51.7 Å². The fourth-order valence-corrected chi connectivity index (χ4v) is 6.32. The van der Waals surface area contributed by atoms with Gasteiger partial charge in [0.2, 0.25) is 0 Å². The summed E-state index contributed by atoms with van der Waals surface area (Å²) in [6, 6.07) is 18.5. The maximum absolute atomic E-state index is 9.76. The molecule has 0 bridgehead atoms. The smallest absolute Gasteiger partial charge is 0.142 e. The van der Waals surface area contributed by atoms with Crippen LogP contribution in [0.1, 0.15) is 40.7 Å². The third-order valence-electron chi connectivity index (χ3n) is 8.66. The number of halogens is 2. The highest BCUT2D eigenvalue weighted by Crippen LogP contribution is 2.38. The molecule has 1 aromatic heterocycles. The Kier molecular flexibility index (Phi) is 13.7. The monoisotopic (exact) mass is 720 g/mol. The number of nitrogens with one attached hydrogen (secondary N) is 1. The molecule has 0 aliphatic carbocycles. The summed E-state index contributed by atoms with van der Waals surface area (Å²) in [5.41, 5.74) is 5.59. The summed E-state index contributed by atoms with van der Waals surface area (Å²) in [6.45, 7) is 5.21. The molecule has 0 amide bonds. The standard InChI is InChI=1S/C38H42Cl2N4O6/c1-25-28(5-2-6-32(25)33-7-3-8-35(38(33)40)48-12-4-10-44-11-9-31(47)20-44)24-50-37-15-36(49-23-27-13-26(16-41)17-42-18-27)29(14-34(37)39)19-43-30(21-45)22-46/h2-3,5-8,13-15,17-18,30-31,43,45-47H,4,9-12,19-24H2,1H3. The molecule has 5 rings (SSSR count). The van der Waals surface area contributed by atoms with Gasteiger partial charge in [-0.3, -0.25) is 4.98 Å². The number of hydrogen-bond acceptors (Lipinski definition) is 10. The van der Waals surface area contributed by atoms with Crippen molar-refractivity contribution in [3.63, 3.8) is 0 Å². The predicted molar refractivity (Wildman–Crippen MR) is 193 cm³/mol. The molecule has 1 fully saturated rings. The SMILES string of the molecule is Cc1c(COc2cc(OCc3cncc(C#N)c3)c(CNC(CO)CO)cc2Cl)cccc1-c1cccc(OCCCN2CCC(O)C2)c1Cl. The summed E-state index contributed by atoms with van der Waals surface area (Å²) in [6.07, 6.45) is 4.54. The van der Waals surface area contributed by atoms with E-state index in [9.17, 15) is 20.6 Å². The van der Waals surface area contributed by atoms with Crippen LogP contribution in [0, 0.1) is 18.3 Å². The highest BCUT2D eigenvalue weighted by atomic mass is 35.5. The Balaban J connectivity index is 1.30. The first kappa shape index (κ1) is 37.3. The van der Waals surface area contributed by atoms with E-state index in [1.54, 1.807) is 24.4 Å². The number of benzene rings is 3. The maximum Gasteiger partial charge on any atom is 0.142 e. The van der Waals surface area contributed by atoms with Crippen molar-refractivity contribution in [2.75, 3.05) is 39.5 Å². The molecular formula is C38H42Cl2N4O6. The van der Waals surface area contributed by atoms with Crippen LogP contribution < -0.4 is 19.5 Å². The zero-order valence-electron chi connectivity index (χ0n) is 27.9. The van der Waals surface area contributed by atoms with Crippen LogP contribution in [0.5, 0.6) is 17.2 Å². The second-order valence-corrected chi connectivity index (χ2v) is 13.0. The van der Waals surface area contributed by atoms with E-state index in [2.05, 4.69) is 21.3 Å². The molecule has 2 heterocycles. The molecule has 0 spiro atoms. The summed E-state index contributed by atoms with van der Waals surface area (Å²) < 4.78 is 18.5. The first-order chi connectivity index (χ1) is 24.3. The van der Waals surface area contributed by atoms with Gasteiger partial charge in [0.1, 0.15) is 36.5 Å². The average molecular weight is 722 g/mol. The Morgan fingerprint density at radius 3 is 2.50 bits per heavy atom. The van der Waals surface area contributed by atoms with Crippen LogP contribution in [0.3, 0.4) is 0 Å². The van der Waals surface area contributed by atoms with Gasteiger partial charge in [-0.2, -0.15) is 5.26 Å². The largest absolute Gasteiger partial charge is 0.492 e. The van der Waals surface area contributed by atoms with E-state index in [0.29, 0.717) is 57.1 Å². The van der Waals surface area contributed by atoms with E-state index in [1.807, 2.05) is 43.3 Å². The van der Waals surface area contributed by atoms with Crippen molar-refractivity contribution in [3.05, 3.63) is 105 Å². The number of aliphatic hydroxyl groups is 3. The van der Waals surface area contributed by atoms with E-state index in [4.69, 9.17) is 37.4 Å². The molecule has 0 radical (unpaired) electrons. The molecule has 1 atom stereocenters. The maximum atomic E-state index is 9.76. The van der Waals surface area contributed by atoms with E-state index in [-0.39, 0.29) is 39.1 Å². The second-order valence-electron chi connectivity index (χ2n) is 12.3. The quantitative estimate of drug-likeness (QED) is 0.101. The van der Waals surface area contributed by atoms with Crippen LogP contribution in [-0.4, -0.2) is 76.8 Å². The first-order valence-electron chi connectivity index (χ1n) is 16.6. The lowest BCUT2D eigenvalue weighted by molar-refractivity contribution is 0.169. The zero-order valence-corrected chi connectivity index (χ0v) is 29.5. The van der Waals surface area contributed by atoms with Gasteiger partial charge in [-0.05, 0) is 54.7 Å². The van der Waals surface area contributed by atoms with E-state index >= 15 is 0 Å². The summed E-state index contributed by atoms with van der Waals surface area (Å²) >= 11 is 13.6. The second kappa shape index (κ2) is 18.4. The van der Waals surface area contributed by atoms with Gasteiger partial charge in [0, 0.05) is 61.3 Å². The number of aromatic nitrogens is 1. The Hall–Kier alpha value is -3.92. The summed E-state index contributed by atoms with van der Waals surface area (Å²) in [4.78, 5) is 6.35. The topological polar surface area (TPSA) is 140 Å². The predicted octanol–water partition coefficient (Wildman–Crippen LogP) is 5.67. The van der Waals surface area contributed by atoms with Crippen LogP contribution >= 0.6 is 23.2 Å². The number of hydrogen-bond donors (Lipinski definition) is 4. The minimum absolute atomic E-state index is 0.146. The van der Waals surface area contributed by atoms with E-state index < -0.39 is 6.04 Å². The molecule has 4 aromatic rings. The van der Waals surface area contributed by atoms with Gasteiger partial charge in [-0.1, -0.05) is 53.5 Å². The van der Waals surface area contributed by atoms with Crippen LogP contribution in [-0.2, 0) is 19.8 Å². The summed E-state index contributed by atoms with van der Waals surface area (Å²) in [5.74, 6) is 1.53. The molecule has 1 saturated heterocycles. The lowest BCUT2D eigenvalue weighted by Gasteiger charge is -2.19. The number of likely N-dealkylation sites (tertiary alicyclic amines) is 1. The Bertz CT molecular complexity index is 1780. The molecule has 1 unspecified atom stereocenters. The highest BCUT2D eigenvalue weighted by Gasteiger charge is 2.20. The van der Waals surface area contributed by atoms with E-state index in [1.165, 1.54) is 6.20 Å². The van der Waals surface area contributed by atoms with Crippen molar-refractivity contribution < 1.29 is 29.5 Å². The molecule has 50 heavy (non-hydrogen) atoms. The molecule has 12 heteroatoms. The van der Waals surface area contributed by atoms with Gasteiger partial charge >= 0.3 is 0 Å². The van der Waals surface area contributed by atoms with Crippen LogP contribution in [0.25, 0.3) is 11.1 Å². The third kappa shape index (κ3) is 9.86. The van der Waals surface area contributed by atoms with E-state index in [0.717, 1.165) is 48.2 Å². The van der Waals surface area contributed by atoms with Crippen molar-refractivity contribution in [1.29, 1.82) is 5.26 Å². The molecule has 0 saturated carbocycles. The molecular weight excluding hydrogens is 679 g/mol. The van der Waals surface area contributed by atoms with Crippen LogP contribution in [0.2, 0.25) is 10.0 Å². The van der Waals surface area contributed by atoms with Crippen LogP contribution in [0.15, 0.2) is 67.0 Å².